The maximum Gasteiger partial charge on any atom is 0.214 e. The highest BCUT2D eigenvalue weighted by Crippen LogP contribution is 2.27. The van der Waals surface area contributed by atoms with Crippen LogP contribution in [-0.4, -0.2) is 32.8 Å². The SMILES string of the molecule is Cl.O=S(=O)(NCCNC1CCCCCC1)C1CC1. The fraction of sp³-hybridized carbons (Fsp3) is 1.00. The fourth-order valence-corrected chi connectivity index (χ4v) is 3.83. The van der Waals surface area contributed by atoms with Crippen LogP contribution < -0.4 is 10.0 Å². The van der Waals surface area contributed by atoms with Crippen molar-refractivity contribution >= 4 is 22.4 Å². The lowest BCUT2D eigenvalue weighted by Gasteiger charge is -2.16. The van der Waals surface area contributed by atoms with Gasteiger partial charge in [-0.1, -0.05) is 25.7 Å². The lowest BCUT2D eigenvalue weighted by Crippen LogP contribution is -2.37. The second-order valence-electron chi connectivity index (χ2n) is 5.28. The molecule has 0 unspecified atom stereocenters. The Hall–Kier alpha value is 0.160. The molecule has 0 aliphatic heterocycles. The molecule has 2 rings (SSSR count). The molecular formula is C12H25ClN2O2S. The van der Waals surface area contributed by atoms with Crippen molar-refractivity contribution in [2.24, 2.45) is 0 Å². The van der Waals surface area contributed by atoms with Gasteiger partial charge in [-0.3, -0.25) is 0 Å². The van der Waals surface area contributed by atoms with E-state index in [1.54, 1.807) is 0 Å². The van der Waals surface area contributed by atoms with E-state index >= 15 is 0 Å². The zero-order chi connectivity index (χ0) is 12.1. The summed E-state index contributed by atoms with van der Waals surface area (Å²) in [7, 11) is -2.99. The van der Waals surface area contributed by atoms with E-state index in [1.807, 2.05) is 0 Å². The highest BCUT2D eigenvalue weighted by Gasteiger charge is 2.35. The predicted octanol–water partition coefficient (Wildman–Crippen LogP) is 1.80. The van der Waals surface area contributed by atoms with Crippen molar-refractivity contribution in [3.05, 3.63) is 0 Å². The van der Waals surface area contributed by atoms with Crippen molar-refractivity contribution in [2.75, 3.05) is 13.1 Å². The number of rotatable bonds is 6. The molecule has 2 aliphatic carbocycles. The quantitative estimate of drug-likeness (QED) is 0.580. The average molecular weight is 297 g/mol. The molecule has 2 saturated carbocycles. The van der Waals surface area contributed by atoms with Gasteiger partial charge in [-0.15, -0.1) is 12.4 Å². The summed E-state index contributed by atoms with van der Waals surface area (Å²) in [5.74, 6) is 0. The summed E-state index contributed by atoms with van der Waals surface area (Å²) in [6.07, 6.45) is 9.50. The van der Waals surface area contributed by atoms with Gasteiger partial charge in [-0.05, 0) is 25.7 Å². The summed E-state index contributed by atoms with van der Waals surface area (Å²) in [5.41, 5.74) is 0. The molecule has 0 aromatic rings. The molecule has 0 aromatic heterocycles. The second kappa shape index (κ2) is 7.68. The Morgan fingerprint density at radius 2 is 1.50 bits per heavy atom. The fourth-order valence-electron chi connectivity index (χ4n) is 2.45. The van der Waals surface area contributed by atoms with Crippen LogP contribution >= 0.6 is 12.4 Å². The lowest BCUT2D eigenvalue weighted by atomic mass is 10.1. The minimum atomic E-state index is -2.99. The third kappa shape index (κ3) is 5.43. The first-order valence-corrected chi connectivity index (χ1v) is 8.45. The van der Waals surface area contributed by atoms with Crippen LogP contribution in [0.15, 0.2) is 0 Å². The zero-order valence-corrected chi connectivity index (χ0v) is 12.5. The van der Waals surface area contributed by atoms with E-state index in [9.17, 15) is 8.42 Å². The molecule has 0 spiro atoms. The van der Waals surface area contributed by atoms with Crippen molar-refractivity contribution in [1.82, 2.24) is 10.0 Å². The molecule has 0 amide bonds. The summed E-state index contributed by atoms with van der Waals surface area (Å²) in [6, 6.07) is 0.600. The first kappa shape index (κ1) is 16.2. The zero-order valence-electron chi connectivity index (χ0n) is 10.9. The minimum Gasteiger partial charge on any atom is -0.313 e. The number of sulfonamides is 1. The Bertz CT molecular complexity index is 323. The molecule has 0 bridgehead atoms. The minimum absolute atomic E-state index is 0. The molecule has 0 aromatic carbocycles. The molecular weight excluding hydrogens is 272 g/mol. The van der Waals surface area contributed by atoms with Crippen molar-refractivity contribution in [3.8, 4) is 0 Å². The van der Waals surface area contributed by atoms with Gasteiger partial charge in [0.2, 0.25) is 10.0 Å². The molecule has 2 N–H and O–H groups in total. The van der Waals surface area contributed by atoms with Gasteiger partial charge >= 0.3 is 0 Å². The summed E-state index contributed by atoms with van der Waals surface area (Å²) in [4.78, 5) is 0. The maximum atomic E-state index is 11.6. The molecule has 2 fully saturated rings. The number of nitrogens with one attached hydrogen (secondary N) is 2. The lowest BCUT2D eigenvalue weighted by molar-refractivity contribution is 0.461. The van der Waals surface area contributed by atoms with Crippen LogP contribution in [-0.2, 0) is 10.0 Å². The average Bonchev–Trinajstić information content (AvgIpc) is 3.11. The van der Waals surface area contributed by atoms with Crippen LogP contribution in [0.5, 0.6) is 0 Å². The Kier molecular flexibility index (Phi) is 6.92. The second-order valence-corrected chi connectivity index (χ2v) is 7.33. The maximum absolute atomic E-state index is 11.6. The first-order chi connectivity index (χ1) is 8.18. The van der Waals surface area contributed by atoms with Crippen LogP contribution in [0.4, 0.5) is 0 Å². The van der Waals surface area contributed by atoms with E-state index in [-0.39, 0.29) is 17.7 Å². The summed E-state index contributed by atoms with van der Waals surface area (Å²) in [5, 5.41) is 3.37. The van der Waals surface area contributed by atoms with E-state index in [0.717, 1.165) is 19.4 Å². The number of hydrogen-bond donors (Lipinski definition) is 2. The van der Waals surface area contributed by atoms with Crippen molar-refractivity contribution in [3.63, 3.8) is 0 Å². The highest BCUT2D eigenvalue weighted by molar-refractivity contribution is 7.90. The molecule has 0 radical (unpaired) electrons. The van der Waals surface area contributed by atoms with Crippen molar-refractivity contribution in [1.29, 1.82) is 0 Å². The highest BCUT2D eigenvalue weighted by atomic mass is 35.5. The van der Waals surface area contributed by atoms with Crippen molar-refractivity contribution in [2.45, 2.75) is 62.7 Å². The van der Waals surface area contributed by atoms with E-state index in [0.29, 0.717) is 12.6 Å². The predicted molar refractivity (Wildman–Crippen MR) is 76.7 cm³/mol. The van der Waals surface area contributed by atoms with Gasteiger partial charge in [0.1, 0.15) is 0 Å². The normalized spacial score (nSPS) is 22.2. The standard InChI is InChI=1S/C12H24N2O2S.ClH/c15-17(16,12-7-8-12)14-10-9-13-11-5-3-1-2-4-6-11;/h11-14H,1-10H2;1H. The van der Waals surface area contributed by atoms with Gasteiger partial charge < -0.3 is 5.32 Å². The van der Waals surface area contributed by atoms with Crippen molar-refractivity contribution < 1.29 is 8.42 Å². The molecule has 0 atom stereocenters. The molecule has 0 saturated heterocycles. The van der Waals surface area contributed by atoms with Crippen LogP contribution in [0, 0.1) is 0 Å². The summed E-state index contributed by atoms with van der Waals surface area (Å²) < 4.78 is 25.8. The Balaban J connectivity index is 0.00000162. The first-order valence-electron chi connectivity index (χ1n) is 6.90. The monoisotopic (exact) mass is 296 g/mol. The summed E-state index contributed by atoms with van der Waals surface area (Å²) in [6.45, 7) is 1.30. The Morgan fingerprint density at radius 3 is 2.06 bits per heavy atom. The van der Waals surface area contributed by atoms with Crippen LogP contribution in [0.1, 0.15) is 51.4 Å². The molecule has 4 nitrogen and oxygen atoms in total. The van der Waals surface area contributed by atoms with E-state index < -0.39 is 10.0 Å². The van der Waals surface area contributed by atoms with Gasteiger partial charge in [-0.2, -0.15) is 0 Å². The van der Waals surface area contributed by atoms with Crippen LogP contribution in [0.3, 0.4) is 0 Å². The van der Waals surface area contributed by atoms with Gasteiger partial charge in [0.15, 0.2) is 0 Å². The number of hydrogen-bond acceptors (Lipinski definition) is 3. The summed E-state index contributed by atoms with van der Waals surface area (Å²) >= 11 is 0. The van der Waals surface area contributed by atoms with E-state index in [4.69, 9.17) is 0 Å². The molecule has 6 heteroatoms. The third-order valence-corrected chi connectivity index (χ3v) is 5.64. The molecule has 18 heavy (non-hydrogen) atoms. The van der Waals surface area contributed by atoms with Gasteiger partial charge in [0.25, 0.3) is 0 Å². The Labute approximate surface area is 117 Å². The van der Waals surface area contributed by atoms with Crippen LogP contribution in [0.25, 0.3) is 0 Å². The molecule has 108 valence electrons. The van der Waals surface area contributed by atoms with Gasteiger partial charge in [-0.25, -0.2) is 13.1 Å². The smallest absolute Gasteiger partial charge is 0.214 e. The topological polar surface area (TPSA) is 58.2 Å². The Morgan fingerprint density at radius 1 is 0.889 bits per heavy atom. The number of halogens is 1. The van der Waals surface area contributed by atoms with E-state index in [1.165, 1.54) is 38.5 Å². The van der Waals surface area contributed by atoms with Crippen LogP contribution in [0.2, 0.25) is 0 Å². The third-order valence-electron chi connectivity index (χ3n) is 3.68. The van der Waals surface area contributed by atoms with Gasteiger partial charge in [0, 0.05) is 19.1 Å². The van der Waals surface area contributed by atoms with Gasteiger partial charge in [0.05, 0.1) is 5.25 Å². The molecule has 2 aliphatic rings. The largest absolute Gasteiger partial charge is 0.313 e. The van der Waals surface area contributed by atoms with E-state index in [2.05, 4.69) is 10.0 Å². The molecule has 0 heterocycles.